The van der Waals surface area contributed by atoms with Crippen molar-refractivity contribution in [2.75, 3.05) is 17.7 Å². The lowest BCUT2D eigenvalue weighted by atomic mass is 10.1. The first-order valence-electron chi connectivity index (χ1n) is 5.58. The van der Waals surface area contributed by atoms with Gasteiger partial charge in [-0.15, -0.1) is 0 Å². The second kappa shape index (κ2) is 5.51. The first-order valence-corrected chi connectivity index (χ1v) is 6.34. The smallest absolute Gasteiger partial charge is 0.259 e. The van der Waals surface area contributed by atoms with Crippen LogP contribution in [0.1, 0.15) is 10.4 Å². The Labute approximate surface area is 121 Å². The van der Waals surface area contributed by atoms with Gasteiger partial charge in [0.1, 0.15) is 0 Å². The molecular weight excluding hydrogens is 283 g/mol. The highest BCUT2D eigenvalue weighted by Gasteiger charge is 2.18. The maximum Gasteiger partial charge on any atom is 0.259 e. The summed E-state index contributed by atoms with van der Waals surface area (Å²) >= 11 is 11.9. The van der Waals surface area contributed by atoms with Crippen LogP contribution < -0.4 is 10.6 Å². The van der Waals surface area contributed by atoms with Crippen LogP contribution in [0.3, 0.4) is 0 Å². The van der Waals surface area contributed by atoms with Crippen LogP contribution in [-0.4, -0.2) is 13.0 Å². The minimum Gasteiger partial charge on any atom is -0.397 e. The molecule has 0 bridgehead atoms. The van der Waals surface area contributed by atoms with Gasteiger partial charge in [0.05, 0.1) is 22.0 Å². The number of hydrogen-bond donors (Lipinski definition) is 1. The predicted molar refractivity (Wildman–Crippen MR) is 80.0 cm³/mol. The molecule has 5 heteroatoms. The van der Waals surface area contributed by atoms with Gasteiger partial charge in [0, 0.05) is 12.1 Å². The van der Waals surface area contributed by atoms with E-state index in [9.17, 15) is 4.79 Å². The Morgan fingerprint density at radius 1 is 1.16 bits per heavy atom. The molecule has 2 aromatic rings. The van der Waals surface area contributed by atoms with Gasteiger partial charge < -0.3 is 10.6 Å². The fraction of sp³-hybridized carbons (Fsp3) is 0.0714. The number of para-hydroxylation sites is 2. The van der Waals surface area contributed by atoms with Crippen LogP contribution in [0.2, 0.25) is 10.0 Å². The SMILES string of the molecule is CN(C(=O)c1cc(Cl)ccc1Cl)c1ccccc1N. The first-order chi connectivity index (χ1) is 9.00. The normalized spacial score (nSPS) is 10.3. The summed E-state index contributed by atoms with van der Waals surface area (Å²) in [5.41, 5.74) is 7.35. The van der Waals surface area contributed by atoms with Crippen LogP contribution >= 0.6 is 23.2 Å². The zero-order chi connectivity index (χ0) is 14.0. The molecule has 19 heavy (non-hydrogen) atoms. The van der Waals surface area contributed by atoms with Crippen molar-refractivity contribution in [1.29, 1.82) is 0 Å². The standard InChI is InChI=1S/C14H12Cl2N2O/c1-18(13-5-3-2-4-12(13)17)14(19)10-8-9(15)6-7-11(10)16/h2-8H,17H2,1H3. The lowest BCUT2D eigenvalue weighted by molar-refractivity contribution is 0.0993. The summed E-state index contributed by atoms with van der Waals surface area (Å²) in [5, 5.41) is 0.818. The van der Waals surface area contributed by atoms with E-state index in [1.807, 2.05) is 12.1 Å². The average molecular weight is 295 g/mol. The summed E-state index contributed by atoms with van der Waals surface area (Å²) in [6, 6.07) is 11.9. The molecule has 0 aliphatic heterocycles. The van der Waals surface area contributed by atoms with Crippen LogP contribution in [0.4, 0.5) is 11.4 Å². The highest BCUT2D eigenvalue weighted by atomic mass is 35.5. The molecule has 98 valence electrons. The van der Waals surface area contributed by atoms with Crippen molar-refractivity contribution >= 4 is 40.5 Å². The molecule has 0 aliphatic carbocycles. The Bertz CT molecular complexity index is 629. The average Bonchev–Trinajstić information content (AvgIpc) is 2.40. The predicted octanol–water partition coefficient (Wildman–Crippen LogP) is 3.85. The van der Waals surface area contributed by atoms with Crippen LogP contribution in [0.25, 0.3) is 0 Å². The number of rotatable bonds is 2. The zero-order valence-electron chi connectivity index (χ0n) is 10.2. The van der Waals surface area contributed by atoms with Crippen molar-refractivity contribution < 1.29 is 4.79 Å². The lowest BCUT2D eigenvalue weighted by Crippen LogP contribution is -2.27. The summed E-state index contributed by atoms with van der Waals surface area (Å²) in [4.78, 5) is 13.8. The third-order valence-corrected chi connectivity index (χ3v) is 3.33. The monoisotopic (exact) mass is 294 g/mol. The molecule has 3 nitrogen and oxygen atoms in total. The van der Waals surface area contributed by atoms with E-state index in [0.29, 0.717) is 27.0 Å². The number of nitrogens with zero attached hydrogens (tertiary/aromatic N) is 1. The number of anilines is 2. The number of hydrogen-bond acceptors (Lipinski definition) is 2. The summed E-state index contributed by atoms with van der Waals surface area (Å²) in [5.74, 6) is -0.259. The van der Waals surface area contributed by atoms with Gasteiger partial charge >= 0.3 is 0 Å². The van der Waals surface area contributed by atoms with Crippen molar-refractivity contribution in [2.24, 2.45) is 0 Å². The van der Waals surface area contributed by atoms with Gasteiger partial charge in [-0.05, 0) is 30.3 Å². The third-order valence-electron chi connectivity index (χ3n) is 2.76. The van der Waals surface area contributed by atoms with Crippen LogP contribution in [-0.2, 0) is 0 Å². The Morgan fingerprint density at radius 2 is 1.84 bits per heavy atom. The fourth-order valence-electron chi connectivity index (χ4n) is 1.74. The molecular formula is C14H12Cl2N2O. The molecule has 2 aromatic carbocycles. The molecule has 0 aliphatic rings. The van der Waals surface area contributed by atoms with Crippen LogP contribution in [0, 0.1) is 0 Å². The van der Waals surface area contributed by atoms with E-state index >= 15 is 0 Å². The molecule has 0 unspecified atom stereocenters. The van der Waals surface area contributed by atoms with Gasteiger partial charge in [-0.2, -0.15) is 0 Å². The largest absolute Gasteiger partial charge is 0.397 e. The Balaban J connectivity index is 2.39. The number of benzene rings is 2. The number of amides is 1. The number of carbonyl (C=O) groups is 1. The maximum atomic E-state index is 12.4. The van der Waals surface area contributed by atoms with Gasteiger partial charge in [0.15, 0.2) is 0 Å². The summed E-state index contributed by atoms with van der Waals surface area (Å²) in [7, 11) is 1.64. The third kappa shape index (κ3) is 2.83. The maximum absolute atomic E-state index is 12.4. The Hall–Kier alpha value is -1.71. The summed E-state index contributed by atoms with van der Waals surface area (Å²) < 4.78 is 0. The number of halogens is 2. The minimum atomic E-state index is -0.259. The van der Waals surface area contributed by atoms with Gasteiger partial charge in [-0.25, -0.2) is 0 Å². The fourth-order valence-corrected chi connectivity index (χ4v) is 2.11. The van der Waals surface area contributed by atoms with E-state index < -0.39 is 0 Å². The van der Waals surface area contributed by atoms with Crippen LogP contribution in [0.15, 0.2) is 42.5 Å². The second-order valence-corrected chi connectivity index (χ2v) is 4.89. The van der Waals surface area contributed by atoms with E-state index in [4.69, 9.17) is 28.9 Å². The highest BCUT2D eigenvalue weighted by molar-refractivity contribution is 6.36. The van der Waals surface area contributed by atoms with Crippen molar-refractivity contribution in [2.45, 2.75) is 0 Å². The molecule has 0 fully saturated rings. The van der Waals surface area contributed by atoms with E-state index in [0.717, 1.165) is 0 Å². The van der Waals surface area contributed by atoms with Gasteiger partial charge in [-0.3, -0.25) is 4.79 Å². The van der Waals surface area contributed by atoms with Gasteiger partial charge in [0.25, 0.3) is 5.91 Å². The molecule has 0 heterocycles. The molecule has 0 saturated heterocycles. The van der Waals surface area contributed by atoms with E-state index in [2.05, 4.69) is 0 Å². The minimum absolute atomic E-state index is 0.259. The topological polar surface area (TPSA) is 46.3 Å². The Kier molecular flexibility index (Phi) is 3.98. The van der Waals surface area contributed by atoms with Crippen molar-refractivity contribution in [1.82, 2.24) is 0 Å². The number of nitrogens with two attached hydrogens (primary N) is 1. The molecule has 2 N–H and O–H groups in total. The van der Waals surface area contributed by atoms with Crippen molar-refractivity contribution in [3.63, 3.8) is 0 Å². The molecule has 2 rings (SSSR count). The summed E-state index contributed by atoms with van der Waals surface area (Å²) in [6.45, 7) is 0. The van der Waals surface area contributed by atoms with Gasteiger partial charge in [-0.1, -0.05) is 35.3 Å². The number of nitrogen functional groups attached to an aromatic ring is 1. The second-order valence-electron chi connectivity index (χ2n) is 4.05. The number of carbonyl (C=O) groups excluding carboxylic acids is 1. The quantitative estimate of drug-likeness (QED) is 0.855. The van der Waals surface area contributed by atoms with Crippen LogP contribution in [0.5, 0.6) is 0 Å². The first kappa shape index (κ1) is 13.7. The van der Waals surface area contributed by atoms with Crippen molar-refractivity contribution in [3.05, 3.63) is 58.1 Å². The van der Waals surface area contributed by atoms with Crippen molar-refractivity contribution in [3.8, 4) is 0 Å². The van der Waals surface area contributed by atoms with E-state index in [1.165, 1.54) is 4.90 Å². The molecule has 0 radical (unpaired) electrons. The lowest BCUT2D eigenvalue weighted by Gasteiger charge is -2.19. The zero-order valence-corrected chi connectivity index (χ0v) is 11.7. The highest BCUT2D eigenvalue weighted by Crippen LogP contribution is 2.26. The Morgan fingerprint density at radius 3 is 2.53 bits per heavy atom. The molecule has 0 atom stereocenters. The molecule has 0 saturated carbocycles. The van der Waals surface area contributed by atoms with E-state index in [1.54, 1.807) is 37.4 Å². The molecule has 0 aromatic heterocycles. The molecule has 0 spiro atoms. The molecule has 1 amide bonds. The summed E-state index contributed by atoms with van der Waals surface area (Å²) in [6.07, 6.45) is 0. The van der Waals surface area contributed by atoms with Gasteiger partial charge in [0.2, 0.25) is 0 Å². The van der Waals surface area contributed by atoms with E-state index in [-0.39, 0.29) is 5.91 Å².